The third-order valence-electron chi connectivity index (χ3n) is 5.62. The topological polar surface area (TPSA) is 68.2 Å². The van der Waals surface area contributed by atoms with Crippen molar-refractivity contribution >= 4 is 15.7 Å². The molecule has 0 spiro atoms. The van der Waals surface area contributed by atoms with Gasteiger partial charge < -0.3 is 9.57 Å². The predicted octanol–water partition coefficient (Wildman–Crippen LogP) is 4.85. The summed E-state index contributed by atoms with van der Waals surface area (Å²) in [6.07, 6.45) is -1.26. The van der Waals surface area contributed by atoms with Gasteiger partial charge in [-0.2, -0.15) is 17.5 Å². The van der Waals surface area contributed by atoms with Crippen LogP contribution in [-0.2, 0) is 27.6 Å². The summed E-state index contributed by atoms with van der Waals surface area (Å²) in [7, 11) is -3.63. The van der Waals surface area contributed by atoms with Gasteiger partial charge in [-0.05, 0) is 60.7 Å². The maximum atomic E-state index is 12.9. The summed E-state index contributed by atoms with van der Waals surface area (Å²) in [5, 5.41) is 4.01. The van der Waals surface area contributed by atoms with E-state index in [2.05, 4.69) is 5.16 Å². The Balaban J connectivity index is 1.28. The number of hydrogen-bond donors (Lipinski definition) is 0. The van der Waals surface area contributed by atoms with E-state index in [1.807, 2.05) is 0 Å². The summed E-state index contributed by atoms with van der Waals surface area (Å²) >= 11 is 0. The minimum atomic E-state index is -4.41. The van der Waals surface area contributed by atoms with E-state index >= 15 is 0 Å². The zero-order chi connectivity index (χ0) is 23.5. The lowest BCUT2D eigenvalue weighted by Gasteiger charge is -2.26. The fourth-order valence-electron chi connectivity index (χ4n) is 3.47. The summed E-state index contributed by atoms with van der Waals surface area (Å²) < 4.78 is 71.3. The van der Waals surface area contributed by atoms with E-state index in [0.717, 1.165) is 12.1 Å². The molecule has 0 amide bonds. The standard InChI is InChI=1S/C23H25F3N2O4S/c24-23(25,26)19-3-1-2-18(14-19)16-32-27-20-10-12-28(13-11-20)33(29,30)22-8-6-21(7-9-22)31-15-17-4-5-17/h1-3,6-9,14,17H,4-5,10-13,15-16H2. The molecule has 178 valence electrons. The lowest BCUT2D eigenvalue weighted by Crippen LogP contribution is -2.38. The van der Waals surface area contributed by atoms with E-state index < -0.39 is 21.8 Å². The first-order valence-corrected chi connectivity index (χ1v) is 12.2. The van der Waals surface area contributed by atoms with Gasteiger partial charge >= 0.3 is 6.18 Å². The number of halogens is 3. The Labute approximate surface area is 191 Å². The van der Waals surface area contributed by atoms with Crippen molar-refractivity contribution in [2.24, 2.45) is 11.1 Å². The molecule has 33 heavy (non-hydrogen) atoms. The number of hydrogen-bond acceptors (Lipinski definition) is 5. The molecule has 1 aliphatic heterocycles. The van der Waals surface area contributed by atoms with E-state index in [1.54, 1.807) is 24.3 Å². The molecule has 2 fully saturated rings. The van der Waals surface area contributed by atoms with Gasteiger partial charge in [0.05, 0.1) is 22.8 Å². The molecule has 0 aromatic heterocycles. The fraction of sp³-hybridized carbons (Fsp3) is 0.435. The van der Waals surface area contributed by atoms with E-state index in [1.165, 1.54) is 29.3 Å². The Morgan fingerprint density at radius 3 is 2.36 bits per heavy atom. The van der Waals surface area contributed by atoms with Crippen molar-refractivity contribution in [3.63, 3.8) is 0 Å². The number of rotatable bonds is 8. The van der Waals surface area contributed by atoms with Crippen LogP contribution in [0.4, 0.5) is 13.2 Å². The van der Waals surface area contributed by atoms with Gasteiger partial charge in [0.25, 0.3) is 0 Å². The first-order chi connectivity index (χ1) is 15.7. The molecule has 2 aromatic carbocycles. The summed E-state index contributed by atoms with van der Waals surface area (Å²) in [4.78, 5) is 5.44. The van der Waals surface area contributed by atoms with E-state index in [4.69, 9.17) is 9.57 Å². The zero-order valence-corrected chi connectivity index (χ0v) is 18.7. The quantitative estimate of drug-likeness (QED) is 0.505. The lowest BCUT2D eigenvalue weighted by atomic mass is 10.1. The third kappa shape index (κ3) is 6.26. The summed E-state index contributed by atoms with van der Waals surface area (Å²) in [5.74, 6) is 1.28. The second kappa shape index (κ2) is 9.72. The van der Waals surface area contributed by atoms with E-state index in [0.29, 0.717) is 42.4 Å². The average molecular weight is 483 g/mol. The molecule has 1 aliphatic carbocycles. The molecule has 6 nitrogen and oxygen atoms in total. The molecule has 0 unspecified atom stereocenters. The highest BCUT2D eigenvalue weighted by atomic mass is 32.2. The first-order valence-electron chi connectivity index (χ1n) is 10.8. The monoisotopic (exact) mass is 482 g/mol. The Morgan fingerprint density at radius 2 is 1.73 bits per heavy atom. The largest absolute Gasteiger partial charge is 0.493 e. The highest BCUT2D eigenvalue weighted by molar-refractivity contribution is 7.89. The minimum absolute atomic E-state index is 0.0927. The van der Waals surface area contributed by atoms with Crippen LogP contribution in [0.3, 0.4) is 0 Å². The molecule has 2 aromatic rings. The molecule has 0 N–H and O–H groups in total. The van der Waals surface area contributed by atoms with Crippen LogP contribution < -0.4 is 4.74 Å². The van der Waals surface area contributed by atoms with Crippen molar-refractivity contribution in [2.45, 2.75) is 43.4 Å². The van der Waals surface area contributed by atoms with Crippen molar-refractivity contribution in [1.29, 1.82) is 0 Å². The van der Waals surface area contributed by atoms with Gasteiger partial charge in [0, 0.05) is 25.9 Å². The molecule has 0 atom stereocenters. The van der Waals surface area contributed by atoms with Crippen LogP contribution in [0.25, 0.3) is 0 Å². The van der Waals surface area contributed by atoms with Crippen molar-refractivity contribution in [3.8, 4) is 5.75 Å². The fourth-order valence-corrected chi connectivity index (χ4v) is 4.91. The van der Waals surface area contributed by atoms with Crippen LogP contribution in [0.2, 0.25) is 0 Å². The van der Waals surface area contributed by atoms with Gasteiger partial charge in [-0.25, -0.2) is 8.42 Å². The molecule has 1 saturated heterocycles. The number of nitrogens with zero attached hydrogens (tertiary/aromatic N) is 2. The van der Waals surface area contributed by atoms with Gasteiger partial charge in [-0.3, -0.25) is 0 Å². The van der Waals surface area contributed by atoms with Gasteiger partial charge in [0.1, 0.15) is 12.4 Å². The van der Waals surface area contributed by atoms with Crippen molar-refractivity contribution in [2.75, 3.05) is 19.7 Å². The zero-order valence-electron chi connectivity index (χ0n) is 17.9. The Hall–Kier alpha value is -2.59. The van der Waals surface area contributed by atoms with Crippen LogP contribution >= 0.6 is 0 Å². The van der Waals surface area contributed by atoms with Crippen molar-refractivity contribution in [1.82, 2.24) is 4.31 Å². The normalized spacial score (nSPS) is 17.6. The van der Waals surface area contributed by atoms with Crippen molar-refractivity contribution in [3.05, 3.63) is 59.7 Å². The molecular formula is C23H25F3N2O4S. The summed E-state index contributed by atoms with van der Waals surface area (Å²) in [6, 6.07) is 11.3. The van der Waals surface area contributed by atoms with Crippen LogP contribution in [0.5, 0.6) is 5.75 Å². The highest BCUT2D eigenvalue weighted by Gasteiger charge is 2.30. The molecule has 10 heteroatoms. The number of benzene rings is 2. The van der Waals surface area contributed by atoms with Gasteiger partial charge in [-0.15, -0.1) is 0 Å². The Bertz CT molecular complexity index is 1090. The molecular weight excluding hydrogens is 457 g/mol. The maximum absolute atomic E-state index is 12.9. The second-order valence-corrected chi connectivity index (χ2v) is 10.2. The summed E-state index contributed by atoms with van der Waals surface area (Å²) in [6.45, 7) is 1.09. The first kappa shape index (κ1) is 23.6. The smallest absolute Gasteiger partial charge is 0.416 e. The number of ether oxygens (including phenoxy) is 1. The van der Waals surface area contributed by atoms with E-state index in [-0.39, 0.29) is 24.6 Å². The third-order valence-corrected chi connectivity index (χ3v) is 7.54. The SMILES string of the molecule is O=S(=O)(c1ccc(OCC2CC2)cc1)N1CCC(=NOCc2cccc(C(F)(F)F)c2)CC1. The summed E-state index contributed by atoms with van der Waals surface area (Å²) in [5.41, 5.74) is 0.299. The van der Waals surface area contributed by atoms with E-state index in [9.17, 15) is 21.6 Å². The molecule has 0 bridgehead atoms. The Kier molecular flexibility index (Phi) is 6.94. The van der Waals surface area contributed by atoms with Crippen LogP contribution in [0, 0.1) is 5.92 Å². The molecule has 0 radical (unpaired) electrons. The number of piperidine rings is 1. The molecule has 1 heterocycles. The van der Waals surface area contributed by atoms with Crippen LogP contribution in [-0.4, -0.2) is 38.1 Å². The van der Waals surface area contributed by atoms with Crippen LogP contribution in [0.1, 0.15) is 36.8 Å². The van der Waals surface area contributed by atoms with Crippen LogP contribution in [0.15, 0.2) is 58.6 Å². The maximum Gasteiger partial charge on any atom is 0.416 e. The number of oxime groups is 1. The molecule has 4 rings (SSSR count). The average Bonchev–Trinajstić information content (AvgIpc) is 3.63. The lowest BCUT2D eigenvalue weighted by molar-refractivity contribution is -0.137. The predicted molar refractivity (Wildman–Crippen MR) is 116 cm³/mol. The molecule has 2 aliphatic rings. The van der Waals surface area contributed by atoms with Crippen molar-refractivity contribution < 1.29 is 31.2 Å². The Morgan fingerprint density at radius 1 is 1.03 bits per heavy atom. The highest BCUT2D eigenvalue weighted by Crippen LogP contribution is 2.31. The number of sulfonamides is 1. The second-order valence-electron chi connectivity index (χ2n) is 8.26. The van der Waals surface area contributed by atoms with Gasteiger partial charge in [-0.1, -0.05) is 17.3 Å². The molecule has 1 saturated carbocycles. The minimum Gasteiger partial charge on any atom is -0.493 e. The van der Waals surface area contributed by atoms with Gasteiger partial charge in [0.15, 0.2) is 0 Å². The number of alkyl halides is 3. The van der Waals surface area contributed by atoms with Gasteiger partial charge in [0.2, 0.25) is 10.0 Å².